The van der Waals surface area contributed by atoms with Crippen molar-refractivity contribution in [2.45, 2.75) is 19.3 Å². The lowest BCUT2D eigenvalue weighted by Crippen LogP contribution is -2.19. The number of carbonyl (C=O) groups is 2. The highest BCUT2D eigenvalue weighted by Crippen LogP contribution is 2.39. The minimum absolute atomic E-state index is 0.249. The molecule has 0 saturated carbocycles. The Kier molecular flexibility index (Phi) is 6.47. The van der Waals surface area contributed by atoms with Crippen LogP contribution in [0.5, 0.6) is 11.5 Å². The van der Waals surface area contributed by atoms with Gasteiger partial charge in [0.05, 0.1) is 5.02 Å². The molecule has 4 nitrogen and oxygen atoms in total. The van der Waals surface area contributed by atoms with Crippen molar-refractivity contribution in [2.75, 3.05) is 0 Å². The maximum atomic E-state index is 11.4. The van der Waals surface area contributed by atoms with Crippen LogP contribution in [0.25, 0.3) is 0 Å². The number of benzene rings is 2. The van der Waals surface area contributed by atoms with Crippen molar-refractivity contribution in [2.24, 2.45) is 0 Å². The first-order chi connectivity index (χ1) is 12.7. The van der Waals surface area contributed by atoms with Crippen LogP contribution in [0, 0.1) is 0 Å². The highest BCUT2D eigenvalue weighted by atomic mass is 35.5. The fraction of sp³-hybridized carbons (Fsp3) is 0.143. The van der Waals surface area contributed by atoms with Crippen molar-refractivity contribution in [3.05, 3.63) is 82.9 Å². The average molecular weight is 405 g/mol. The summed E-state index contributed by atoms with van der Waals surface area (Å²) in [5.41, 5.74) is 1.17. The summed E-state index contributed by atoms with van der Waals surface area (Å²) in [7, 11) is 0. The normalized spacial score (nSPS) is 10.8. The van der Waals surface area contributed by atoms with Gasteiger partial charge >= 0.3 is 11.9 Å². The molecule has 0 spiro atoms. The second-order valence-corrected chi connectivity index (χ2v) is 6.98. The van der Waals surface area contributed by atoms with Crippen LogP contribution < -0.4 is 9.47 Å². The van der Waals surface area contributed by atoms with Gasteiger partial charge in [-0.05, 0) is 35.4 Å². The van der Waals surface area contributed by atoms with Crippen molar-refractivity contribution in [1.29, 1.82) is 0 Å². The molecule has 0 aliphatic carbocycles. The van der Waals surface area contributed by atoms with Gasteiger partial charge in [-0.2, -0.15) is 0 Å². The van der Waals surface area contributed by atoms with E-state index in [1.165, 1.54) is 0 Å². The fourth-order valence-corrected chi connectivity index (χ4v) is 3.13. The zero-order valence-electron chi connectivity index (χ0n) is 14.9. The van der Waals surface area contributed by atoms with Gasteiger partial charge in [0.15, 0.2) is 0 Å². The van der Waals surface area contributed by atoms with Gasteiger partial charge in [0, 0.05) is 22.6 Å². The number of hydrogen-bond acceptors (Lipinski definition) is 4. The van der Waals surface area contributed by atoms with Crippen LogP contribution in [0.3, 0.4) is 0 Å². The molecule has 0 saturated heterocycles. The Morgan fingerprint density at radius 2 is 1.56 bits per heavy atom. The van der Waals surface area contributed by atoms with Gasteiger partial charge in [0.1, 0.15) is 11.5 Å². The molecule has 2 aromatic rings. The molecule has 6 heteroatoms. The number of hydrogen-bond donors (Lipinski definition) is 0. The molecule has 0 N–H and O–H groups in total. The highest BCUT2D eigenvalue weighted by Gasteiger charge is 2.27. The van der Waals surface area contributed by atoms with Crippen LogP contribution in [0.1, 0.15) is 25.0 Å². The van der Waals surface area contributed by atoms with E-state index in [0.29, 0.717) is 15.8 Å². The average Bonchev–Trinajstić information content (AvgIpc) is 2.62. The van der Waals surface area contributed by atoms with E-state index in [-0.39, 0.29) is 5.75 Å². The highest BCUT2D eigenvalue weighted by molar-refractivity contribution is 6.32. The summed E-state index contributed by atoms with van der Waals surface area (Å²) in [5, 5.41) is 0.732. The number of rotatable bonds is 6. The summed E-state index contributed by atoms with van der Waals surface area (Å²) in [5.74, 6) is -0.570. The molecule has 0 radical (unpaired) electrons. The molecule has 27 heavy (non-hydrogen) atoms. The third-order valence-electron chi connectivity index (χ3n) is 4.03. The minimum atomic E-state index is -0.586. The van der Waals surface area contributed by atoms with Gasteiger partial charge < -0.3 is 9.47 Å². The smallest absolute Gasteiger partial charge is 0.335 e. The van der Waals surface area contributed by atoms with E-state index in [4.69, 9.17) is 32.7 Å². The zero-order chi connectivity index (χ0) is 20.2. The summed E-state index contributed by atoms with van der Waals surface area (Å²) in [4.78, 5) is 22.7. The van der Waals surface area contributed by atoms with E-state index in [9.17, 15) is 9.59 Å². The van der Waals surface area contributed by atoms with E-state index in [2.05, 4.69) is 13.2 Å². The molecule has 2 aromatic carbocycles. The molecule has 140 valence electrons. The summed E-state index contributed by atoms with van der Waals surface area (Å²) in [6.45, 7) is 10.7. The molecule has 0 heterocycles. The standard InChI is InChI=1S/C21H18Cl2O4/c1-5-19(24)26-14-8-9-15(16(22)12-14)21(3,4)13-7-10-18(17(23)11-13)27-20(25)6-2/h5-12H,1-2H2,3-4H3. The first-order valence-electron chi connectivity index (χ1n) is 7.97. The van der Waals surface area contributed by atoms with E-state index in [1.807, 2.05) is 13.8 Å². The second-order valence-electron chi connectivity index (χ2n) is 6.16. The lowest BCUT2D eigenvalue weighted by molar-refractivity contribution is -0.129. The molecule has 0 fully saturated rings. The van der Waals surface area contributed by atoms with Gasteiger partial charge in [0.25, 0.3) is 0 Å². The van der Waals surface area contributed by atoms with E-state index >= 15 is 0 Å². The van der Waals surface area contributed by atoms with Crippen molar-refractivity contribution >= 4 is 35.1 Å². The Balaban J connectivity index is 2.36. The first-order valence-corrected chi connectivity index (χ1v) is 8.73. The van der Waals surface area contributed by atoms with Crippen LogP contribution in [-0.4, -0.2) is 11.9 Å². The summed E-state index contributed by atoms with van der Waals surface area (Å²) in [6, 6.07) is 10.2. The lowest BCUT2D eigenvalue weighted by atomic mass is 9.78. The summed E-state index contributed by atoms with van der Waals surface area (Å²) < 4.78 is 10.2. The molecule has 0 amide bonds. The summed E-state index contributed by atoms with van der Waals surface area (Å²) >= 11 is 12.7. The molecule has 0 unspecified atom stereocenters. The molecular weight excluding hydrogens is 387 g/mol. The monoisotopic (exact) mass is 404 g/mol. The quantitative estimate of drug-likeness (QED) is 0.362. The van der Waals surface area contributed by atoms with E-state index < -0.39 is 17.4 Å². The van der Waals surface area contributed by atoms with Gasteiger partial charge in [-0.1, -0.05) is 62.3 Å². The fourth-order valence-electron chi connectivity index (χ4n) is 2.50. The van der Waals surface area contributed by atoms with E-state index in [1.54, 1.807) is 36.4 Å². The molecule has 0 aliphatic rings. The van der Waals surface area contributed by atoms with Crippen LogP contribution in [0.2, 0.25) is 10.0 Å². The second kappa shape index (κ2) is 8.42. The summed E-state index contributed by atoms with van der Waals surface area (Å²) in [6.07, 6.45) is 2.14. The molecule has 0 aliphatic heterocycles. The third kappa shape index (κ3) is 4.79. The van der Waals surface area contributed by atoms with Crippen LogP contribution in [0.4, 0.5) is 0 Å². The Labute approximate surface area is 168 Å². The first kappa shape index (κ1) is 20.7. The predicted octanol–water partition coefficient (Wildman–Crippen LogP) is 5.50. The maximum Gasteiger partial charge on any atom is 0.335 e. The van der Waals surface area contributed by atoms with Crippen molar-refractivity contribution in [1.82, 2.24) is 0 Å². The van der Waals surface area contributed by atoms with Crippen LogP contribution >= 0.6 is 23.2 Å². The molecular formula is C21H18Cl2O4. The van der Waals surface area contributed by atoms with Gasteiger partial charge in [-0.3, -0.25) is 0 Å². The lowest BCUT2D eigenvalue weighted by Gasteiger charge is -2.28. The van der Waals surface area contributed by atoms with Crippen molar-refractivity contribution < 1.29 is 19.1 Å². The number of carbonyl (C=O) groups excluding carboxylic acids is 2. The van der Waals surface area contributed by atoms with Gasteiger partial charge in [-0.25, -0.2) is 9.59 Å². The van der Waals surface area contributed by atoms with Crippen molar-refractivity contribution in [3.63, 3.8) is 0 Å². The molecule has 0 atom stereocenters. The topological polar surface area (TPSA) is 52.6 Å². The third-order valence-corrected chi connectivity index (χ3v) is 4.64. The molecule has 0 aromatic heterocycles. The van der Waals surface area contributed by atoms with Gasteiger partial charge in [0.2, 0.25) is 0 Å². The van der Waals surface area contributed by atoms with Crippen molar-refractivity contribution in [3.8, 4) is 11.5 Å². The Morgan fingerprint density at radius 3 is 2.11 bits per heavy atom. The Hall–Kier alpha value is -2.56. The van der Waals surface area contributed by atoms with Gasteiger partial charge in [-0.15, -0.1) is 0 Å². The van der Waals surface area contributed by atoms with E-state index in [0.717, 1.165) is 23.3 Å². The largest absolute Gasteiger partial charge is 0.423 e. The maximum absolute atomic E-state index is 11.4. The molecule has 2 rings (SSSR count). The van der Waals surface area contributed by atoms with Crippen LogP contribution in [-0.2, 0) is 15.0 Å². The Morgan fingerprint density at radius 1 is 0.926 bits per heavy atom. The number of ether oxygens (including phenoxy) is 2. The Bertz CT molecular complexity index is 916. The van der Waals surface area contributed by atoms with Crippen LogP contribution in [0.15, 0.2) is 61.7 Å². The predicted molar refractivity (Wildman–Crippen MR) is 107 cm³/mol. The molecule has 0 bridgehead atoms. The zero-order valence-corrected chi connectivity index (χ0v) is 16.4. The SMILES string of the molecule is C=CC(=O)Oc1ccc(C(C)(C)c2ccc(OC(=O)C=C)c(Cl)c2)c(Cl)c1. The minimum Gasteiger partial charge on any atom is -0.423 e. The number of halogens is 2. The number of esters is 2.